The van der Waals surface area contributed by atoms with Gasteiger partial charge in [0, 0.05) is 44.4 Å². The van der Waals surface area contributed by atoms with Crippen molar-refractivity contribution in [3.63, 3.8) is 0 Å². The summed E-state index contributed by atoms with van der Waals surface area (Å²) < 4.78 is 1.92. The highest BCUT2D eigenvalue weighted by Crippen LogP contribution is 2.33. The molecule has 8 nitrogen and oxygen atoms in total. The van der Waals surface area contributed by atoms with Gasteiger partial charge in [-0.05, 0) is 50.7 Å². The Balaban J connectivity index is 1.37. The van der Waals surface area contributed by atoms with Crippen molar-refractivity contribution >= 4 is 17.3 Å². The number of fused-ring (bicyclic) bond motifs is 2. The van der Waals surface area contributed by atoms with Crippen molar-refractivity contribution in [2.75, 3.05) is 37.0 Å². The number of nitrogens with zero attached hydrogens (tertiary/aromatic N) is 8. The van der Waals surface area contributed by atoms with Gasteiger partial charge in [0.2, 0.25) is 0 Å². The third-order valence-electron chi connectivity index (χ3n) is 5.99. The summed E-state index contributed by atoms with van der Waals surface area (Å²) in [5.41, 5.74) is 3.44. The highest BCUT2D eigenvalue weighted by atomic mass is 15.4. The summed E-state index contributed by atoms with van der Waals surface area (Å²) in [6.07, 6.45) is 8.50. The number of anilines is 2. The summed E-state index contributed by atoms with van der Waals surface area (Å²) in [6.45, 7) is 1.97. The lowest BCUT2D eigenvalue weighted by atomic mass is 9.93. The van der Waals surface area contributed by atoms with E-state index in [1.807, 2.05) is 35.6 Å². The Morgan fingerprint density at radius 2 is 1.82 bits per heavy atom. The minimum absolute atomic E-state index is 0.369. The third-order valence-corrected chi connectivity index (χ3v) is 5.99. The normalized spacial score (nSPS) is 17.7. The van der Waals surface area contributed by atoms with E-state index < -0.39 is 0 Å². The molecule has 2 aliphatic rings. The highest BCUT2D eigenvalue weighted by Gasteiger charge is 2.28. The van der Waals surface area contributed by atoms with Crippen molar-refractivity contribution in [2.24, 2.45) is 0 Å². The van der Waals surface area contributed by atoms with Crippen molar-refractivity contribution < 1.29 is 0 Å². The van der Waals surface area contributed by atoms with E-state index in [1.165, 1.54) is 24.1 Å². The van der Waals surface area contributed by atoms with Gasteiger partial charge >= 0.3 is 0 Å². The first-order valence-corrected chi connectivity index (χ1v) is 10.2. The van der Waals surface area contributed by atoms with E-state index in [4.69, 9.17) is 5.10 Å². The van der Waals surface area contributed by atoms with Gasteiger partial charge in [0.1, 0.15) is 18.0 Å². The zero-order valence-corrected chi connectivity index (χ0v) is 16.5. The van der Waals surface area contributed by atoms with Crippen LogP contribution in [-0.4, -0.2) is 57.0 Å². The first kappa shape index (κ1) is 17.3. The molecular formula is C20H26N8. The predicted octanol–water partition coefficient (Wildman–Crippen LogP) is 2.24. The molecular weight excluding hydrogens is 352 g/mol. The lowest BCUT2D eigenvalue weighted by Crippen LogP contribution is -2.35. The van der Waals surface area contributed by atoms with E-state index in [0.717, 1.165) is 61.9 Å². The summed E-state index contributed by atoms with van der Waals surface area (Å²) in [5.74, 6) is 3.41. The van der Waals surface area contributed by atoms with Crippen molar-refractivity contribution in [2.45, 2.75) is 44.4 Å². The maximum absolute atomic E-state index is 4.73. The highest BCUT2D eigenvalue weighted by molar-refractivity contribution is 5.50. The van der Waals surface area contributed by atoms with Crippen LogP contribution < -0.4 is 9.80 Å². The van der Waals surface area contributed by atoms with Gasteiger partial charge in [-0.25, -0.2) is 9.97 Å². The summed E-state index contributed by atoms with van der Waals surface area (Å²) in [6, 6.07) is 3.97. The molecule has 0 N–H and O–H groups in total. The fraction of sp³-hybridized carbons (Fsp3) is 0.550. The number of hydrogen-bond donors (Lipinski definition) is 0. The Bertz CT molecular complexity index is 987. The molecule has 0 bridgehead atoms. The molecule has 4 heterocycles. The number of aryl methyl sites for hydroxylation is 1. The summed E-state index contributed by atoms with van der Waals surface area (Å²) >= 11 is 0. The van der Waals surface area contributed by atoms with Crippen molar-refractivity contribution in [3.8, 4) is 0 Å². The van der Waals surface area contributed by atoms with Gasteiger partial charge in [-0.3, -0.25) is 0 Å². The minimum atomic E-state index is 0.369. The molecule has 28 heavy (non-hydrogen) atoms. The molecule has 0 aromatic carbocycles. The second kappa shape index (κ2) is 7.00. The Labute approximate surface area is 164 Å². The van der Waals surface area contributed by atoms with Crippen LogP contribution in [0.15, 0.2) is 18.5 Å². The van der Waals surface area contributed by atoms with Crippen LogP contribution in [0.25, 0.3) is 5.65 Å². The van der Waals surface area contributed by atoms with Crippen LogP contribution in [0, 0.1) is 0 Å². The van der Waals surface area contributed by atoms with Crippen LogP contribution in [-0.2, 0) is 12.8 Å². The number of rotatable bonds is 3. The van der Waals surface area contributed by atoms with E-state index in [2.05, 4.69) is 25.1 Å². The molecule has 5 rings (SSSR count). The predicted molar refractivity (Wildman–Crippen MR) is 108 cm³/mol. The molecule has 1 aliphatic heterocycles. The lowest BCUT2D eigenvalue weighted by Gasteiger charge is -2.34. The number of aromatic nitrogens is 6. The molecule has 0 spiro atoms. The zero-order chi connectivity index (χ0) is 19.1. The van der Waals surface area contributed by atoms with E-state index in [-0.39, 0.29) is 0 Å². The van der Waals surface area contributed by atoms with Crippen LogP contribution in [0.1, 0.15) is 48.7 Å². The first-order chi connectivity index (χ1) is 13.7. The van der Waals surface area contributed by atoms with Gasteiger partial charge in [0.25, 0.3) is 0 Å². The van der Waals surface area contributed by atoms with Crippen LogP contribution in [0.3, 0.4) is 0 Å². The van der Waals surface area contributed by atoms with E-state index in [1.54, 1.807) is 6.33 Å². The fourth-order valence-corrected chi connectivity index (χ4v) is 4.41. The summed E-state index contributed by atoms with van der Waals surface area (Å²) in [5, 5.41) is 13.5. The molecule has 0 radical (unpaired) electrons. The molecule has 0 amide bonds. The van der Waals surface area contributed by atoms with Gasteiger partial charge in [-0.15, -0.1) is 15.3 Å². The average molecular weight is 378 g/mol. The van der Waals surface area contributed by atoms with E-state index >= 15 is 0 Å². The van der Waals surface area contributed by atoms with Gasteiger partial charge in [0.05, 0.1) is 0 Å². The Hall–Kier alpha value is -2.77. The molecule has 8 heteroatoms. The Morgan fingerprint density at radius 3 is 2.64 bits per heavy atom. The quantitative estimate of drug-likeness (QED) is 0.692. The Kier molecular flexibility index (Phi) is 4.33. The van der Waals surface area contributed by atoms with Crippen LogP contribution in [0.2, 0.25) is 0 Å². The molecule has 1 saturated heterocycles. The van der Waals surface area contributed by atoms with Gasteiger partial charge in [-0.1, -0.05) is 0 Å². The smallest absolute Gasteiger partial charge is 0.178 e. The van der Waals surface area contributed by atoms with Gasteiger partial charge in [-0.2, -0.15) is 4.52 Å². The van der Waals surface area contributed by atoms with Crippen molar-refractivity contribution in [3.05, 3.63) is 35.5 Å². The monoisotopic (exact) mass is 378 g/mol. The van der Waals surface area contributed by atoms with E-state index in [9.17, 15) is 0 Å². The zero-order valence-electron chi connectivity index (χ0n) is 16.5. The summed E-state index contributed by atoms with van der Waals surface area (Å²) in [4.78, 5) is 13.6. The van der Waals surface area contributed by atoms with Crippen molar-refractivity contribution in [1.29, 1.82) is 0 Å². The van der Waals surface area contributed by atoms with Crippen LogP contribution >= 0.6 is 0 Å². The first-order valence-electron chi connectivity index (χ1n) is 10.2. The molecule has 3 aromatic heterocycles. The molecule has 146 valence electrons. The third kappa shape index (κ3) is 2.96. The minimum Gasteiger partial charge on any atom is -0.361 e. The second-order valence-electron chi connectivity index (χ2n) is 8.01. The maximum atomic E-state index is 4.73. The molecule has 0 unspecified atom stereocenters. The van der Waals surface area contributed by atoms with Gasteiger partial charge in [0.15, 0.2) is 11.5 Å². The number of piperidine rings is 1. The van der Waals surface area contributed by atoms with Crippen LogP contribution in [0.4, 0.5) is 11.6 Å². The summed E-state index contributed by atoms with van der Waals surface area (Å²) in [7, 11) is 4.00. The fourth-order valence-electron chi connectivity index (χ4n) is 4.41. The number of hydrogen-bond acceptors (Lipinski definition) is 7. The van der Waals surface area contributed by atoms with Gasteiger partial charge < -0.3 is 9.80 Å². The molecule has 0 saturated carbocycles. The van der Waals surface area contributed by atoms with Crippen molar-refractivity contribution in [1.82, 2.24) is 29.8 Å². The molecule has 1 fully saturated rings. The maximum Gasteiger partial charge on any atom is 0.178 e. The standard InChI is InChI=1S/C20H26N8/c1-26(2)18-8-7-17-23-24-19(28(17)25-18)14-9-11-27(12-10-14)20-15-5-3-4-6-16(15)21-13-22-20/h7-8,13-14H,3-6,9-12H2,1-2H3. The van der Waals surface area contributed by atoms with Crippen LogP contribution in [0.5, 0.6) is 0 Å². The average Bonchev–Trinajstić information content (AvgIpc) is 3.17. The molecule has 3 aromatic rings. The lowest BCUT2D eigenvalue weighted by molar-refractivity contribution is 0.473. The topological polar surface area (TPSA) is 75.3 Å². The largest absolute Gasteiger partial charge is 0.361 e. The molecule has 1 aliphatic carbocycles. The SMILES string of the molecule is CN(C)c1ccc2nnc(C3CCN(c4ncnc5c4CCCC5)CC3)n2n1. The Morgan fingerprint density at radius 1 is 1.00 bits per heavy atom. The van der Waals surface area contributed by atoms with E-state index in [0.29, 0.717) is 5.92 Å². The molecule has 0 atom stereocenters. The second-order valence-corrected chi connectivity index (χ2v) is 8.01.